The third-order valence-corrected chi connectivity index (χ3v) is 1.38. The maximum absolute atomic E-state index is 4.96. The Labute approximate surface area is 55.3 Å². The second kappa shape index (κ2) is 3.82. The number of ether oxygens (including phenoxy) is 2. The average molecular weight is 131 g/mol. The molecular formula is C6H13NO2. The van der Waals surface area contributed by atoms with Crippen LogP contribution in [0.4, 0.5) is 0 Å². The molecule has 1 aliphatic rings. The molecule has 1 rings (SSSR count). The molecule has 0 aromatic heterocycles. The highest BCUT2D eigenvalue weighted by molar-refractivity contribution is 4.71. The summed E-state index contributed by atoms with van der Waals surface area (Å²) < 4.78 is 9.82. The summed E-state index contributed by atoms with van der Waals surface area (Å²) in [6.45, 7) is 3.45. The minimum Gasteiger partial charge on any atom is -0.383 e. The normalized spacial score (nSPS) is 19.7. The Morgan fingerprint density at radius 2 is 2.44 bits per heavy atom. The maximum Gasteiger partial charge on any atom is 0.0643 e. The molecule has 1 saturated heterocycles. The molecule has 0 aromatic carbocycles. The van der Waals surface area contributed by atoms with Crippen molar-refractivity contribution in [2.75, 3.05) is 33.5 Å². The number of methoxy groups -OCH3 is 1. The van der Waals surface area contributed by atoms with E-state index < -0.39 is 0 Å². The molecule has 1 aliphatic heterocycles. The van der Waals surface area contributed by atoms with Crippen molar-refractivity contribution >= 4 is 0 Å². The largest absolute Gasteiger partial charge is 0.383 e. The van der Waals surface area contributed by atoms with Crippen LogP contribution in [0.3, 0.4) is 0 Å². The lowest BCUT2D eigenvalue weighted by Crippen LogP contribution is -2.46. The fourth-order valence-electron chi connectivity index (χ4n) is 0.719. The summed E-state index contributed by atoms with van der Waals surface area (Å²) >= 11 is 0. The second-order valence-electron chi connectivity index (χ2n) is 2.18. The van der Waals surface area contributed by atoms with Crippen molar-refractivity contribution in [1.29, 1.82) is 0 Å². The molecule has 0 saturated carbocycles. The van der Waals surface area contributed by atoms with Gasteiger partial charge in [0.15, 0.2) is 0 Å². The van der Waals surface area contributed by atoms with Gasteiger partial charge in [-0.3, -0.25) is 0 Å². The van der Waals surface area contributed by atoms with Gasteiger partial charge >= 0.3 is 0 Å². The standard InChI is InChI=1S/C6H13NO2/c1-8-3-2-7-6-4-9-5-6/h6-7H,2-5H2,1H3. The predicted molar refractivity (Wildman–Crippen MR) is 34.5 cm³/mol. The van der Waals surface area contributed by atoms with Crippen LogP contribution >= 0.6 is 0 Å². The summed E-state index contributed by atoms with van der Waals surface area (Å²) in [5, 5.41) is 3.27. The van der Waals surface area contributed by atoms with Crippen LogP contribution in [-0.2, 0) is 9.47 Å². The lowest BCUT2D eigenvalue weighted by Gasteiger charge is -2.26. The van der Waals surface area contributed by atoms with E-state index in [0.717, 1.165) is 26.4 Å². The van der Waals surface area contributed by atoms with Crippen molar-refractivity contribution < 1.29 is 9.47 Å². The van der Waals surface area contributed by atoms with E-state index in [9.17, 15) is 0 Å². The van der Waals surface area contributed by atoms with Gasteiger partial charge in [-0.05, 0) is 0 Å². The molecule has 0 bridgehead atoms. The van der Waals surface area contributed by atoms with E-state index in [1.807, 2.05) is 0 Å². The number of hydrogen-bond acceptors (Lipinski definition) is 3. The zero-order valence-electron chi connectivity index (χ0n) is 5.72. The summed E-state index contributed by atoms with van der Waals surface area (Å²) in [4.78, 5) is 0. The van der Waals surface area contributed by atoms with Gasteiger partial charge in [0.05, 0.1) is 25.9 Å². The molecule has 0 aliphatic carbocycles. The first-order chi connectivity index (χ1) is 4.43. The lowest BCUT2D eigenvalue weighted by molar-refractivity contribution is -0.00709. The minimum absolute atomic E-state index is 0.583. The fourth-order valence-corrected chi connectivity index (χ4v) is 0.719. The lowest BCUT2D eigenvalue weighted by atomic mass is 10.2. The third-order valence-electron chi connectivity index (χ3n) is 1.38. The molecule has 0 aromatic rings. The van der Waals surface area contributed by atoms with Crippen molar-refractivity contribution in [2.24, 2.45) is 0 Å². The van der Waals surface area contributed by atoms with Gasteiger partial charge in [0.1, 0.15) is 0 Å². The van der Waals surface area contributed by atoms with Crippen molar-refractivity contribution in [1.82, 2.24) is 5.32 Å². The van der Waals surface area contributed by atoms with Gasteiger partial charge in [-0.2, -0.15) is 0 Å². The minimum atomic E-state index is 0.583. The summed E-state index contributed by atoms with van der Waals surface area (Å²) in [6, 6.07) is 0.583. The molecule has 0 amide bonds. The Hall–Kier alpha value is -0.120. The molecule has 9 heavy (non-hydrogen) atoms. The van der Waals surface area contributed by atoms with Crippen molar-refractivity contribution in [3.63, 3.8) is 0 Å². The van der Waals surface area contributed by atoms with E-state index in [-0.39, 0.29) is 0 Å². The first-order valence-corrected chi connectivity index (χ1v) is 3.23. The smallest absolute Gasteiger partial charge is 0.0643 e. The van der Waals surface area contributed by atoms with Crippen LogP contribution in [0, 0.1) is 0 Å². The second-order valence-corrected chi connectivity index (χ2v) is 2.18. The Bertz CT molecular complexity index is 73.5. The van der Waals surface area contributed by atoms with Crippen LogP contribution < -0.4 is 5.32 Å². The molecule has 1 N–H and O–H groups in total. The van der Waals surface area contributed by atoms with Gasteiger partial charge in [-0.15, -0.1) is 0 Å². The topological polar surface area (TPSA) is 30.5 Å². The summed E-state index contributed by atoms with van der Waals surface area (Å²) in [5.74, 6) is 0. The van der Waals surface area contributed by atoms with Gasteiger partial charge in [-0.1, -0.05) is 0 Å². The average Bonchev–Trinajstić information content (AvgIpc) is 1.76. The highest BCUT2D eigenvalue weighted by atomic mass is 16.5. The quantitative estimate of drug-likeness (QED) is 0.528. The molecule has 0 atom stereocenters. The summed E-state index contributed by atoms with van der Waals surface area (Å²) in [7, 11) is 1.71. The Kier molecular flexibility index (Phi) is 2.97. The number of hydrogen-bond donors (Lipinski definition) is 1. The molecule has 0 spiro atoms. The zero-order valence-corrected chi connectivity index (χ0v) is 5.72. The molecule has 3 nitrogen and oxygen atoms in total. The molecule has 1 heterocycles. The maximum atomic E-state index is 4.96. The molecule has 0 radical (unpaired) electrons. The molecule has 1 fully saturated rings. The Morgan fingerprint density at radius 3 is 2.89 bits per heavy atom. The molecular weight excluding hydrogens is 118 g/mol. The van der Waals surface area contributed by atoms with Crippen molar-refractivity contribution in [3.05, 3.63) is 0 Å². The highest BCUT2D eigenvalue weighted by Crippen LogP contribution is 1.97. The number of rotatable bonds is 4. The van der Waals surface area contributed by atoms with Gasteiger partial charge < -0.3 is 14.8 Å². The van der Waals surface area contributed by atoms with E-state index in [2.05, 4.69) is 5.32 Å². The van der Waals surface area contributed by atoms with Crippen LogP contribution in [0.2, 0.25) is 0 Å². The van der Waals surface area contributed by atoms with Crippen LogP contribution in [0.25, 0.3) is 0 Å². The highest BCUT2D eigenvalue weighted by Gasteiger charge is 2.16. The SMILES string of the molecule is COCCNC1COC1. The Balaban J connectivity index is 1.80. The first kappa shape index (κ1) is 6.99. The van der Waals surface area contributed by atoms with Gasteiger partial charge in [0.2, 0.25) is 0 Å². The van der Waals surface area contributed by atoms with Crippen LogP contribution in [0.15, 0.2) is 0 Å². The number of nitrogens with one attached hydrogen (secondary N) is 1. The molecule has 54 valence electrons. The summed E-state index contributed by atoms with van der Waals surface area (Å²) in [5.41, 5.74) is 0. The summed E-state index contributed by atoms with van der Waals surface area (Å²) in [6.07, 6.45) is 0. The Morgan fingerprint density at radius 1 is 1.67 bits per heavy atom. The predicted octanol–water partition coefficient (Wildman–Crippen LogP) is -0.379. The van der Waals surface area contributed by atoms with E-state index in [1.54, 1.807) is 7.11 Å². The molecule has 0 unspecified atom stereocenters. The van der Waals surface area contributed by atoms with E-state index in [1.165, 1.54) is 0 Å². The van der Waals surface area contributed by atoms with Crippen molar-refractivity contribution in [2.45, 2.75) is 6.04 Å². The first-order valence-electron chi connectivity index (χ1n) is 3.23. The fraction of sp³-hybridized carbons (Fsp3) is 1.00. The van der Waals surface area contributed by atoms with Gasteiger partial charge in [0.25, 0.3) is 0 Å². The molecule has 3 heteroatoms. The zero-order chi connectivity index (χ0) is 6.53. The monoisotopic (exact) mass is 131 g/mol. The van der Waals surface area contributed by atoms with E-state index >= 15 is 0 Å². The van der Waals surface area contributed by atoms with Crippen LogP contribution in [0.1, 0.15) is 0 Å². The van der Waals surface area contributed by atoms with Crippen LogP contribution in [-0.4, -0.2) is 39.5 Å². The van der Waals surface area contributed by atoms with Gasteiger partial charge in [0, 0.05) is 13.7 Å². The van der Waals surface area contributed by atoms with Crippen molar-refractivity contribution in [3.8, 4) is 0 Å². The van der Waals surface area contributed by atoms with Crippen LogP contribution in [0.5, 0.6) is 0 Å². The van der Waals surface area contributed by atoms with E-state index in [4.69, 9.17) is 9.47 Å². The third kappa shape index (κ3) is 2.30. The van der Waals surface area contributed by atoms with Gasteiger partial charge in [-0.25, -0.2) is 0 Å². The van der Waals surface area contributed by atoms with E-state index in [0.29, 0.717) is 6.04 Å².